The van der Waals surface area contributed by atoms with E-state index < -0.39 is 0 Å². The lowest BCUT2D eigenvalue weighted by Crippen LogP contribution is -2.20. The van der Waals surface area contributed by atoms with Gasteiger partial charge in [-0.05, 0) is 39.0 Å². The molecular formula is C15H27N3. The maximum absolute atomic E-state index is 4.62. The van der Waals surface area contributed by atoms with E-state index in [1.54, 1.807) is 0 Å². The molecule has 0 amide bonds. The summed E-state index contributed by atoms with van der Waals surface area (Å²) in [6.07, 6.45) is 10.3. The van der Waals surface area contributed by atoms with Crippen LogP contribution in [0.5, 0.6) is 0 Å². The predicted octanol–water partition coefficient (Wildman–Crippen LogP) is 4.15. The van der Waals surface area contributed by atoms with Crippen LogP contribution in [0.4, 0.5) is 5.95 Å². The van der Waals surface area contributed by atoms with Gasteiger partial charge in [0.1, 0.15) is 0 Å². The number of aryl methyl sites for hydroxylation is 1. The second-order valence-electron chi connectivity index (χ2n) is 5.68. The van der Waals surface area contributed by atoms with Crippen LogP contribution in [0.25, 0.3) is 0 Å². The van der Waals surface area contributed by atoms with Crippen molar-refractivity contribution in [2.75, 3.05) is 11.9 Å². The van der Waals surface area contributed by atoms with Crippen molar-refractivity contribution in [3.63, 3.8) is 0 Å². The Labute approximate surface area is 111 Å². The van der Waals surface area contributed by atoms with E-state index in [0.29, 0.717) is 6.04 Å². The van der Waals surface area contributed by atoms with Gasteiger partial charge in [0.25, 0.3) is 0 Å². The number of nitrogens with one attached hydrogen (secondary N) is 1. The highest BCUT2D eigenvalue weighted by Crippen LogP contribution is 2.34. The van der Waals surface area contributed by atoms with E-state index >= 15 is 0 Å². The summed E-state index contributed by atoms with van der Waals surface area (Å²) >= 11 is 0. The average Bonchev–Trinajstić information content (AvgIpc) is 2.77. The quantitative estimate of drug-likeness (QED) is 0.849. The Hall–Kier alpha value is -0.990. The molecule has 2 rings (SSSR count). The van der Waals surface area contributed by atoms with Gasteiger partial charge in [0.05, 0.1) is 5.69 Å². The fourth-order valence-corrected chi connectivity index (χ4v) is 3.04. The fraction of sp³-hybridized carbons (Fsp3) is 0.800. The van der Waals surface area contributed by atoms with Gasteiger partial charge in [-0.3, -0.25) is 0 Å². The normalized spacial score (nSPS) is 18.8. The third kappa shape index (κ3) is 3.06. The molecule has 3 heteroatoms. The van der Waals surface area contributed by atoms with Crippen LogP contribution in [-0.4, -0.2) is 16.1 Å². The number of anilines is 1. The number of aromatic nitrogens is 2. The van der Waals surface area contributed by atoms with Gasteiger partial charge in [0.15, 0.2) is 0 Å². The first-order valence-corrected chi connectivity index (χ1v) is 7.51. The fourth-order valence-electron chi connectivity index (χ4n) is 3.04. The third-order valence-electron chi connectivity index (χ3n) is 4.16. The van der Waals surface area contributed by atoms with Crippen LogP contribution in [-0.2, 0) is 0 Å². The lowest BCUT2D eigenvalue weighted by molar-refractivity contribution is 0.265. The lowest BCUT2D eigenvalue weighted by atomic mass is 9.84. The van der Waals surface area contributed by atoms with Crippen LogP contribution >= 0.6 is 0 Å². The van der Waals surface area contributed by atoms with Crippen LogP contribution in [0.15, 0.2) is 6.20 Å². The molecule has 0 bridgehead atoms. The van der Waals surface area contributed by atoms with E-state index in [-0.39, 0.29) is 0 Å². The molecular weight excluding hydrogens is 222 g/mol. The molecule has 0 aliphatic heterocycles. The van der Waals surface area contributed by atoms with Gasteiger partial charge < -0.3 is 9.88 Å². The van der Waals surface area contributed by atoms with Crippen LogP contribution in [0, 0.1) is 12.8 Å². The first-order chi connectivity index (χ1) is 8.72. The predicted molar refractivity (Wildman–Crippen MR) is 77.0 cm³/mol. The summed E-state index contributed by atoms with van der Waals surface area (Å²) < 4.78 is 2.36. The lowest BCUT2D eigenvalue weighted by Gasteiger charge is -2.29. The zero-order valence-corrected chi connectivity index (χ0v) is 12.1. The summed E-state index contributed by atoms with van der Waals surface area (Å²) in [5.41, 5.74) is 1.12. The molecule has 1 heterocycles. The summed E-state index contributed by atoms with van der Waals surface area (Å²) in [5.74, 6) is 1.89. The molecule has 18 heavy (non-hydrogen) atoms. The standard InChI is InChI=1S/C15H27N3/c1-4-10-16-15-17-12(2)11-18(15)13(3)14-8-6-5-7-9-14/h11,13-14H,4-10H2,1-3H3,(H,16,17). The van der Waals surface area contributed by atoms with Gasteiger partial charge in [-0.25, -0.2) is 4.98 Å². The SMILES string of the molecule is CCCNc1nc(C)cn1C(C)C1CCCCC1. The highest BCUT2D eigenvalue weighted by Gasteiger charge is 2.23. The Kier molecular flexibility index (Phi) is 4.67. The largest absolute Gasteiger partial charge is 0.356 e. The van der Waals surface area contributed by atoms with E-state index in [2.05, 4.69) is 41.8 Å². The van der Waals surface area contributed by atoms with Crippen LogP contribution in [0.3, 0.4) is 0 Å². The maximum atomic E-state index is 4.62. The first kappa shape index (κ1) is 13.4. The Bertz CT molecular complexity index is 364. The first-order valence-electron chi connectivity index (χ1n) is 7.51. The molecule has 1 aromatic rings. The Morgan fingerprint density at radius 1 is 1.39 bits per heavy atom. The molecule has 1 atom stereocenters. The molecule has 0 spiro atoms. The van der Waals surface area contributed by atoms with Crippen molar-refractivity contribution in [2.45, 2.75) is 65.3 Å². The Morgan fingerprint density at radius 3 is 2.78 bits per heavy atom. The molecule has 0 aromatic carbocycles. The Morgan fingerprint density at radius 2 is 2.11 bits per heavy atom. The molecule has 1 unspecified atom stereocenters. The Balaban J connectivity index is 2.09. The monoisotopic (exact) mass is 249 g/mol. The topological polar surface area (TPSA) is 29.9 Å². The van der Waals surface area contributed by atoms with Gasteiger partial charge >= 0.3 is 0 Å². The minimum Gasteiger partial charge on any atom is -0.356 e. The summed E-state index contributed by atoms with van der Waals surface area (Å²) in [6.45, 7) is 7.64. The van der Waals surface area contributed by atoms with E-state index in [0.717, 1.165) is 30.5 Å². The van der Waals surface area contributed by atoms with Gasteiger partial charge in [-0.2, -0.15) is 0 Å². The van der Waals surface area contributed by atoms with E-state index in [1.807, 2.05) is 0 Å². The molecule has 0 radical (unpaired) electrons. The number of hydrogen-bond donors (Lipinski definition) is 1. The van der Waals surface area contributed by atoms with Crippen LogP contribution in [0.2, 0.25) is 0 Å². The van der Waals surface area contributed by atoms with Crippen molar-refractivity contribution in [3.8, 4) is 0 Å². The highest BCUT2D eigenvalue weighted by atomic mass is 15.2. The molecule has 1 saturated carbocycles. The van der Waals surface area contributed by atoms with Crippen molar-refractivity contribution in [3.05, 3.63) is 11.9 Å². The highest BCUT2D eigenvalue weighted by molar-refractivity contribution is 5.29. The van der Waals surface area contributed by atoms with Crippen molar-refractivity contribution in [1.29, 1.82) is 0 Å². The van der Waals surface area contributed by atoms with Gasteiger partial charge in [-0.1, -0.05) is 26.2 Å². The van der Waals surface area contributed by atoms with Crippen LogP contribution in [0.1, 0.15) is 64.1 Å². The van der Waals surface area contributed by atoms with E-state index in [1.165, 1.54) is 32.1 Å². The zero-order chi connectivity index (χ0) is 13.0. The smallest absolute Gasteiger partial charge is 0.203 e. The van der Waals surface area contributed by atoms with Crippen molar-refractivity contribution in [2.24, 2.45) is 5.92 Å². The minimum absolute atomic E-state index is 0.575. The molecule has 1 fully saturated rings. The molecule has 0 saturated heterocycles. The molecule has 102 valence electrons. The van der Waals surface area contributed by atoms with Gasteiger partial charge in [0, 0.05) is 18.8 Å². The molecule has 3 nitrogen and oxygen atoms in total. The summed E-state index contributed by atoms with van der Waals surface area (Å²) in [7, 11) is 0. The molecule has 1 N–H and O–H groups in total. The number of rotatable bonds is 5. The summed E-state index contributed by atoms with van der Waals surface area (Å²) in [6, 6.07) is 0.575. The summed E-state index contributed by atoms with van der Waals surface area (Å²) in [5, 5.41) is 3.46. The molecule has 1 aliphatic rings. The molecule has 1 aliphatic carbocycles. The number of imidazole rings is 1. The van der Waals surface area contributed by atoms with Crippen molar-refractivity contribution < 1.29 is 0 Å². The number of hydrogen-bond acceptors (Lipinski definition) is 2. The summed E-state index contributed by atoms with van der Waals surface area (Å²) in [4.78, 5) is 4.62. The number of nitrogens with zero attached hydrogens (tertiary/aromatic N) is 2. The third-order valence-corrected chi connectivity index (χ3v) is 4.16. The van der Waals surface area contributed by atoms with E-state index in [4.69, 9.17) is 0 Å². The van der Waals surface area contributed by atoms with Gasteiger partial charge in [-0.15, -0.1) is 0 Å². The van der Waals surface area contributed by atoms with Crippen molar-refractivity contribution in [1.82, 2.24) is 9.55 Å². The average molecular weight is 249 g/mol. The minimum atomic E-state index is 0.575. The van der Waals surface area contributed by atoms with Crippen LogP contribution < -0.4 is 5.32 Å². The maximum Gasteiger partial charge on any atom is 0.203 e. The molecule has 1 aromatic heterocycles. The second kappa shape index (κ2) is 6.26. The van der Waals surface area contributed by atoms with E-state index in [9.17, 15) is 0 Å². The zero-order valence-electron chi connectivity index (χ0n) is 12.1. The van der Waals surface area contributed by atoms with Crippen molar-refractivity contribution >= 4 is 5.95 Å². The second-order valence-corrected chi connectivity index (χ2v) is 5.68. The van der Waals surface area contributed by atoms with Gasteiger partial charge in [0.2, 0.25) is 5.95 Å².